The van der Waals surface area contributed by atoms with E-state index in [4.69, 9.17) is 0 Å². The average molecular weight is 282 g/mol. The number of piperidine rings is 1. The zero-order chi connectivity index (χ0) is 14.6. The highest BCUT2D eigenvalue weighted by Gasteiger charge is 2.42. The van der Waals surface area contributed by atoms with Gasteiger partial charge in [-0.05, 0) is 44.7 Å². The van der Waals surface area contributed by atoms with Crippen LogP contribution in [0.4, 0.5) is 0 Å². The van der Waals surface area contributed by atoms with Gasteiger partial charge in [-0.3, -0.25) is 9.59 Å². The third kappa shape index (κ3) is 3.32. The van der Waals surface area contributed by atoms with E-state index in [0.29, 0.717) is 31.7 Å². The predicted octanol–water partition coefficient (Wildman–Crippen LogP) is 1.48. The van der Waals surface area contributed by atoms with Gasteiger partial charge in [-0.15, -0.1) is 0 Å². The lowest BCUT2D eigenvalue weighted by atomic mass is 9.76. The van der Waals surface area contributed by atoms with Crippen LogP contribution < -0.4 is 5.32 Å². The van der Waals surface area contributed by atoms with E-state index < -0.39 is 11.4 Å². The van der Waals surface area contributed by atoms with Gasteiger partial charge >= 0.3 is 5.97 Å². The lowest BCUT2D eigenvalue weighted by Crippen LogP contribution is -2.50. The summed E-state index contributed by atoms with van der Waals surface area (Å²) in [5, 5.41) is 12.8. The first-order valence-corrected chi connectivity index (χ1v) is 7.79. The smallest absolute Gasteiger partial charge is 0.311 e. The summed E-state index contributed by atoms with van der Waals surface area (Å²) in [6.07, 6.45) is 4.64. The number of carboxylic acid groups (broad SMARTS) is 1. The molecule has 0 aliphatic carbocycles. The number of carbonyl (C=O) groups excluding carboxylic acids is 1. The molecular weight excluding hydrogens is 256 g/mol. The van der Waals surface area contributed by atoms with E-state index >= 15 is 0 Å². The Balaban J connectivity index is 1.97. The molecule has 114 valence electrons. The summed E-state index contributed by atoms with van der Waals surface area (Å²) < 4.78 is 0. The summed E-state index contributed by atoms with van der Waals surface area (Å²) in [6.45, 7) is 5.04. The Bertz CT molecular complexity index is 362. The van der Waals surface area contributed by atoms with Crippen molar-refractivity contribution in [3.63, 3.8) is 0 Å². The molecule has 0 spiro atoms. The van der Waals surface area contributed by atoms with Gasteiger partial charge in [0, 0.05) is 19.5 Å². The van der Waals surface area contributed by atoms with E-state index in [-0.39, 0.29) is 5.91 Å². The molecule has 20 heavy (non-hydrogen) atoms. The predicted molar refractivity (Wildman–Crippen MR) is 76.4 cm³/mol. The Labute approximate surface area is 120 Å². The molecule has 2 heterocycles. The molecule has 2 fully saturated rings. The monoisotopic (exact) mass is 282 g/mol. The number of amides is 1. The number of likely N-dealkylation sites (tertiary alicyclic amines) is 1. The molecule has 0 aromatic carbocycles. The van der Waals surface area contributed by atoms with Crippen LogP contribution in [0.2, 0.25) is 0 Å². The van der Waals surface area contributed by atoms with Crippen LogP contribution >= 0.6 is 0 Å². The number of hydrogen-bond acceptors (Lipinski definition) is 3. The fourth-order valence-corrected chi connectivity index (χ4v) is 3.57. The Morgan fingerprint density at radius 2 is 2.25 bits per heavy atom. The van der Waals surface area contributed by atoms with Crippen LogP contribution in [-0.2, 0) is 9.59 Å². The van der Waals surface area contributed by atoms with Gasteiger partial charge in [0.05, 0.1) is 5.41 Å². The summed E-state index contributed by atoms with van der Waals surface area (Å²) in [4.78, 5) is 25.8. The van der Waals surface area contributed by atoms with Crippen LogP contribution in [0.15, 0.2) is 0 Å². The maximum Gasteiger partial charge on any atom is 0.311 e. The van der Waals surface area contributed by atoms with Crippen LogP contribution in [-0.4, -0.2) is 48.1 Å². The van der Waals surface area contributed by atoms with E-state index in [2.05, 4.69) is 5.32 Å². The van der Waals surface area contributed by atoms with Gasteiger partial charge in [0.15, 0.2) is 0 Å². The molecule has 0 aromatic rings. The molecule has 0 saturated carbocycles. The van der Waals surface area contributed by atoms with Gasteiger partial charge in [0.1, 0.15) is 0 Å². The third-order valence-corrected chi connectivity index (χ3v) is 4.74. The fraction of sp³-hybridized carbons (Fsp3) is 0.867. The molecule has 2 aliphatic rings. The summed E-state index contributed by atoms with van der Waals surface area (Å²) in [7, 11) is 0. The maximum absolute atomic E-state index is 12.4. The summed E-state index contributed by atoms with van der Waals surface area (Å²) in [5.74, 6) is -0.172. The average Bonchev–Trinajstić information content (AvgIpc) is 2.92. The number of aliphatic carboxylic acids is 1. The topological polar surface area (TPSA) is 69.6 Å². The highest BCUT2D eigenvalue weighted by Crippen LogP contribution is 2.35. The fourth-order valence-electron chi connectivity index (χ4n) is 3.57. The van der Waals surface area contributed by atoms with E-state index in [1.54, 1.807) is 4.90 Å². The largest absolute Gasteiger partial charge is 0.481 e. The maximum atomic E-state index is 12.4. The van der Waals surface area contributed by atoms with Gasteiger partial charge in [-0.2, -0.15) is 0 Å². The van der Waals surface area contributed by atoms with Crippen molar-refractivity contribution in [3.8, 4) is 0 Å². The molecule has 1 amide bonds. The van der Waals surface area contributed by atoms with Crippen LogP contribution in [0.25, 0.3) is 0 Å². The van der Waals surface area contributed by atoms with E-state index in [1.165, 1.54) is 0 Å². The summed E-state index contributed by atoms with van der Waals surface area (Å²) in [5.41, 5.74) is -0.712. The minimum Gasteiger partial charge on any atom is -0.481 e. The molecule has 2 atom stereocenters. The molecule has 2 saturated heterocycles. The molecule has 2 rings (SSSR count). The zero-order valence-electron chi connectivity index (χ0n) is 12.4. The second-order valence-corrected chi connectivity index (χ2v) is 6.32. The first kappa shape index (κ1) is 15.3. The van der Waals surface area contributed by atoms with E-state index in [9.17, 15) is 14.7 Å². The molecular formula is C15H26N2O3. The van der Waals surface area contributed by atoms with Crippen LogP contribution in [0.5, 0.6) is 0 Å². The summed E-state index contributed by atoms with van der Waals surface area (Å²) in [6, 6.07) is 0. The third-order valence-electron chi connectivity index (χ3n) is 4.74. The number of carboxylic acids is 1. The van der Waals surface area contributed by atoms with Gasteiger partial charge in [0.25, 0.3) is 0 Å². The number of rotatable bonds is 5. The van der Waals surface area contributed by atoms with Crippen molar-refractivity contribution in [1.82, 2.24) is 10.2 Å². The van der Waals surface area contributed by atoms with E-state index in [1.807, 2.05) is 6.92 Å². The van der Waals surface area contributed by atoms with Gasteiger partial charge < -0.3 is 15.3 Å². The van der Waals surface area contributed by atoms with Gasteiger partial charge in [-0.25, -0.2) is 0 Å². The van der Waals surface area contributed by atoms with Gasteiger partial charge in [0.2, 0.25) is 5.91 Å². The molecule has 0 bridgehead atoms. The standard InChI is InChI=1S/C15H26N2O3/c1-2-5-15(14(19)20)6-3-8-17(11-15)13(18)9-12-4-7-16-10-12/h12,16H,2-11H2,1H3,(H,19,20). The number of hydrogen-bond donors (Lipinski definition) is 2. The van der Waals surface area contributed by atoms with Crippen LogP contribution in [0.1, 0.15) is 45.4 Å². The highest BCUT2D eigenvalue weighted by molar-refractivity contribution is 5.80. The lowest BCUT2D eigenvalue weighted by molar-refractivity contribution is -0.155. The molecule has 0 aromatic heterocycles. The highest BCUT2D eigenvalue weighted by atomic mass is 16.4. The second kappa shape index (κ2) is 6.57. The number of nitrogens with zero attached hydrogens (tertiary/aromatic N) is 1. The molecule has 2 unspecified atom stereocenters. The Kier molecular flexibility index (Phi) is 5.02. The van der Waals surface area contributed by atoms with Crippen molar-refractivity contribution in [2.24, 2.45) is 11.3 Å². The van der Waals surface area contributed by atoms with E-state index in [0.717, 1.165) is 38.9 Å². The zero-order valence-corrected chi connectivity index (χ0v) is 12.4. The first-order valence-electron chi connectivity index (χ1n) is 7.79. The molecule has 0 radical (unpaired) electrons. The Morgan fingerprint density at radius 3 is 2.85 bits per heavy atom. The molecule has 2 N–H and O–H groups in total. The number of nitrogens with one attached hydrogen (secondary N) is 1. The lowest BCUT2D eigenvalue weighted by Gasteiger charge is -2.40. The minimum absolute atomic E-state index is 0.139. The molecule has 5 nitrogen and oxygen atoms in total. The molecule has 5 heteroatoms. The Morgan fingerprint density at radius 1 is 1.45 bits per heavy atom. The van der Waals surface area contributed by atoms with Crippen molar-refractivity contribution in [2.45, 2.75) is 45.4 Å². The van der Waals surface area contributed by atoms with Crippen LogP contribution in [0.3, 0.4) is 0 Å². The first-order chi connectivity index (χ1) is 9.57. The normalized spacial score (nSPS) is 30.4. The van der Waals surface area contributed by atoms with Crippen molar-refractivity contribution in [3.05, 3.63) is 0 Å². The van der Waals surface area contributed by atoms with Crippen molar-refractivity contribution >= 4 is 11.9 Å². The number of carbonyl (C=O) groups is 2. The van der Waals surface area contributed by atoms with Crippen molar-refractivity contribution < 1.29 is 14.7 Å². The SMILES string of the molecule is CCCC1(C(=O)O)CCCN(C(=O)CC2CCNC2)C1. The van der Waals surface area contributed by atoms with Crippen molar-refractivity contribution in [1.29, 1.82) is 0 Å². The summed E-state index contributed by atoms with van der Waals surface area (Å²) >= 11 is 0. The molecule has 2 aliphatic heterocycles. The van der Waals surface area contributed by atoms with Gasteiger partial charge in [-0.1, -0.05) is 13.3 Å². The van der Waals surface area contributed by atoms with Crippen molar-refractivity contribution in [2.75, 3.05) is 26.2 Å². The quantitative estimate of drug-likeness (QED) is 0.801. The minimum atomic E-state index is -0.737. The Hall–Kier alpha value is -1.10. The van der Waals surface area contributed by atoms with Crippen LogP contribution in [0, 0.1) is 11.3 Å². The second-order valence-electron chi connectivity index (χ2n) is 6.32.